The van der Waals surface area contributed by atoms with Crippen molar-refractivity contribution in [1.82, 2.24) is 9.55 Å². The predicted octanol–water partition coefficient (Wildman–Crippen LogP) is 4.42. The smallest absolute Gasteiger partial charge is 0.261 e. The lowest BCUT2D eigenvalue weighted by atomic mass is 10.0. The van der Waals surface area contributed by atoms with Gasteiger partial charge in [0.15, 0.2) is 0 Å². The van der Waals surface area contributed by atoms with Gasteiger partial charge in [-0.25, -0.2) is 4.98 Å². The summed E-state index contributed by atoms with van der Waals surface area (Å²) in [6, 6.07) is 2.14. The zero-order valence-electron chi connectivity index (χ0n) is 16.6. The van der Waals surface area contributed by atoms with Crippen LogP contribution < -0.4 is 16.0 Å². The zero-order valence-corrected chi connectivity index (χ0v) is 16.6. The summed E-state index contributed by atoms with van der Waals surface area (Å²) in [6.45, 7) is 16.1. The molecule has 0 spiro atoms. The van der Waals surface area contributed by atoms with E-state index in [1.165, 1.54) is 0 Å². The van der Waals surface area contributed by atoms with Crippen LogP contribution in [-0.2, 0) is 0 Å². The number of hydrogen-bond acceptors (Lipinski definition) is 2. The van der Waals surface area contributed by atoms with Crippen molar-refractivity contribution >= 4 is 29.1 Å². The van der Waals surface area contributed by atoms with E-state index in [0.29, 0.717) is 5.39 Å². The molecule has 0 fully saturated rings. The maximum atomic E-state index is 13.0. The number of rotatable bonds is 5. The number of nitrogens with zero attached hydrogens (tertiary/aromatic N) is 2. The second-order valence-corrected chi connectivity index (χ2v) is 5.78. The van der Waals surface area contributed by atoms with Gasteiger partial charge in [-0.2, -0.15) is 0 Å². The molecule has 1 heterocycles. The first-order valence-corrected chi connectivity index (χ1v) is 9.41. The summed E-state index contributed by atoms with van der Waals surface area (Å²) in [5.41, 5.74) is 1.80. The quantitative estimate of drug-likeness (QED) is 0.807. The van der Waals surface area contributed by atoms with Gasteiger partial charge in [0.2, 0.25) is 0 Å². The van der Waals surface area contributed by atoms with Crippen LogP contribution >= 0.6 is 0 Å². The molecule has 1 unspecified atom stereocenters. The van der Waals surface area contributed by atoms with Crippen molar-refractivity contribution in [3.8, 4) is 0 Å². The van der Waals surface area contributed by atoms with E-state index >= 15 is 0 Å². The van der Waals surface area contributed by atoms with E-state index in [0.717, 1.165) is 40.8 Å². The fourth-order valence-electron chi connectivity index (χ4n) is 3.26. The first-order chi connectivity index (χ1) is 12.1. The molecular weight excluding hydrogens is 308 g/mol. The summed E-state index contributed by atoms with van der Waals surface area (Å²) in [7, 11) is 0. The van der Waals surface area contributed by atoms with E-state index in [2.05, 4.69) is 25.4 Å². The fraction of sp³-hybridized carbons (Fsp3) is 0.455. The van der Waals surface area contributed by atoms with Crippen LogP contribution in [-0.4, -0.2) is 9.55 Å². The van der Waals surface area contributed by atoms with Gasteiger partial charge in [-0.15, -0.1) is 0 Å². The minimum absolute atomic E-state index is 0.0455. The summed E-state index contributed by atoms with van der Waals surface area (Å²) in [5, 5.41) is 2.77. The van der Waals surface area contributed by atoms with Gasteiger partial charge in [0.05, 0.1) is 17.2 Å². The average molecular weight is 341 g/mol. The van der Waals surface area contributed by atoms with E-state index < -0.39 is 0 Å². The van der Waals surface area contributed by atoms with Crippen LogP contribution in [0.1, 0.15) is 72.4 Å². The summed E-state index contributed by atoms with van der Waals surface area (Å²) in [4.78, 5) is 17.6. The standard InChI is InChI=1S/C20H26N2O.C2H6/c1-6-11-15(8-3)22-13-21-19-17(10-5)16(9-4)14(7-2)12-18(19)20(22)23;1-2/h7,9-10,12-13,15H,2,6,8,11H2,1,3-5H3;1-2H3/b16-9-,17-10+;. The molecule has 2 aromatic rings. The van der Waals surface area contributed by atoms with Gasteiger partial charge in [0.1, 0.15) is 0 Å². The van der Waals surface area contributed by atoms with Crippen molar-refractivity contribution in [1.29, 1.82) is 0 Å². The normalized spacial score (nSPS) is 13.5. The van der Waals surface area contributed by atoms with Gasteiger partial charge in [0, 0.05) is 11.3 Å². The minimum atomic E-state index is 0.0455. The average Bonchev–Trinajstić information content (AvgIpc) is 2.66. The maximum Gasteiger partial charge on any atom is 0.261 e. The van der Waals surface area contributed by atoms with Crippen LogP contribution in [0.5, 0.6) is 0 Å². The molecule has 25 heavy (non-hydrogen) atoms. The zero-order chi connectivity index (χ0) is 19.0. The van der Waals surface area contributed by atoms with E-state index in [9.17, 15) is 4.79 Å². The van der Waals surface area contributed by atoms with Gasteiger partial charge >= 0.3 is 0 Å². The number of benzene rings is 1. The Morgan fingerprint density at radius 2 is 1.84 bits per heavy atom. The van der Waals surface area contributed by atoms with Crippen LogP contribution in [0.4, 0.5) is 0 Å². The largest absolute Gasteiger partial charge is 0.296 e. The molecule has 0 saturated carbocycles. The minimum Gasteiger partial charge on any atom is -0.296 e. The molecule has 2 rings (SSSR count). The molecule has 0 bridgehead atoms. The topological polar surface area (TPSA) is 34.9 Å². The highest BCUT2D eigenvalue weighted by molar-refractivity contribution is 5.82. The molecular formula is C22H32N2O. The molecule has 0 aliphatic rings. The van der Waals surface area contributed by atoms with Gasteiger partial charge in [-0.3, -0.25) is 9.36 Å². The van der Waals surface area contributed by atoms with Gasteiger partial charge in [0.25, 0.3) is 5.56 Å². The molecule has 0 radical (unpaired) electrons. The molecule has 136 valence electrons. The van der Waals surface area contributed by atoms with Crippen LogP contribution in [0.3, 0.4) is 0 Å². The Bertz CT molecular complexity index is 891. The molecule has 0 aliphatic carbocycles. The Morgan fingerprint density at radius 3 is 2.32 bits per heavy atom. The first-order valence-electron chi connectivity index (χ1n) is 9.41. The van der Waals surface area contributed by atoms with Crippen molar-refractivity contribution in [3.05, 3.63) is 45.3 Å². The Balaban J connectivity index is 0.00000151. The van der Waals surface area contributed by atoms with Crippen LogP contribution in [0.2, 0.25) is 0 Å². The van der Waals surface area contributed by atoms with E-state index in [1.807, 2.05) is 52.0 Å². The van der Waals surface area contributed by atoms with Gasteiger partial charge in [-0.05, 0) is 43.5 Å². The Hall–Kier alpha value is -2.16. The second-order valence-electron chi connectivity index (χ2n) is 5.78. The predicted molar refractivity (Wildman–Crippen MR) is 111 cm³/mol. The fourth-order valence-corrected chi connectivity index (χ4v) is 3.26. The summed E-state index contributed by atoms with van der Waals surface area (Å²) in [5.74, 6) is 0. The van der Waals surface area contributed by atoms with E-state index in [-0.39, 0.29) is 11.6 Å². The third-order valence-electron chi connectivity index (χ3n) is 4.47. The maximum absolute atomic E-state index is 13.0. The lowest BCUT2D eigenvalue weighted by molar-refractivity contribution is 0.433. The van der Waals surface area contributed by atoms with Crippen LogP contribution in [0.25, 0.3) is 29.1 Å². The molecule has 0 N–H and O–H groups in total. The lowest BCUT2D eigenvalue weighted by Crippen LogP contribution is -2.33. The molecule has 3 nitrogen and oxygen atoms in total. The summed E-state index contributed by atoms with van der Waals surface area (Å²) < 4.78 is 1.80. The van der Waals surface area contributed by atoms with Crippen LogP contribution in [0, 0.1) is 0 Å². The molecule has 0 aliphatic heterocycles. The molecule has 1 aromatic heterocycles. The van der Waals surface area contributed by atoms with Crippen molar-refractivity contribution in [2.45, 2.75) is 66.8 Å². The second kappa shape index (κ2) is 9.97. The third kappa shape index (κ3) is 4.09. The molecule has 0 amide bonds. The monoisotopic (exact) mass is 340 g/mol. The SMILES string of the molecule is C=Cc1cc2c(=O)n(C(CC)CCC)cnc2c(=C/C)/c1=C\C.CC. The van der Waals surface area contributed by atoms with Gasteiger partial charge < -0.3 is 0 Å². The Morgan fingerprint density at radius 1 is 1.20 bits per heavy atom. The molecule has 1 aromatic carbocycles. The Labute approximate surface area is 151 Å². The highest BCUT2D eigenvalue weighted by atomic mass is 16.1. The Kier molecular flexibility index (Phi) is 8.33. The van der Waals surface area contributed by atoms with Gasteiger partial charge in [-0.1, -0.05) is 58.9 Å². The molecule has 1 atom stereocenters. The first kappa shape index (κ1) is 20.9. The van der Waals surface area contributed by atoms with Crippen molar-refractivity contribution in [2.75, 3.05) is 0 Å². The van der Waals surface area contributed by atoms with Crippen molar-refractivity contribution in [2.24, 2.45) is 0 Å². The van der Waals surface area contributed by atoms with E-state index in [4.69, 9.17) is 0 Å². The summed E-state index contributed by atoms with van der Waals surface area (Å²) in [6.07, 6.45) is 10.6. The number of hydrogen-bond donors (Lipinski definition) is 0. The third-order valence-corrected chi connectivity index (χ3v) is 4.47. The lowest BCUT2D eigenvalue weighted by Gasteiger charge is -2.17. The van der Waals surface area contributed by atoms with Crippen LogP contribution in [0.15, 0.2) is 23.8 Å². The highest BCUT2D eigenvalue weighted by Crippen LogP contribution is 2.16. The van der Waals surface area contributed by atoms with Crippen molar-refractivity contribution in [3.63, 3.8) is 0 Å². The number of fused-ring (bicyclic) bond motifs is 1. The van der Waals surface area contributed by atoms with E-state index in [1.54, 1.807) is 10.9 Å². The van der Waals surface area contributed by atoms with Crippen molar-refractivity contribution < 1.29 is 0 Å². The number of aromatic nitrogens is 2. The summed E-state index contributed by atoms with van der Waals surface area (Å²) >= 11 is 0. The molecule has 3 heteroatoms. The molecule has 0 saturated heterocycles. The highest BCUT2D eigenvalue weighted by Gasteiger charge is 2.13.